The van der Waals surface area contributed by atoms with Gasteiger partial charge in [-0.05, 0) is 31.4 Å². The normalized spacial score (nSPS) is 24.4. The molecule has 0 spiro atoms. The first-order chi connectivity index (χ1) is 11.0. The van der Waals surface area contributed by atoms with Gasteiger partial charge < -0.3 is 14.7 Å². The van der Waals surface area contributed by atoms with Crippen LogP contribution in [0.2, 0.25) is 0 Å². The summed E-state index contributed by atoms with van der Waals surface area (Å²) in [6.07, 6.45) is 1.69. The van der Waals surface area contributed by atoms with E-state index in [1.807, 2.05) is 17.0 Å². The minimum Gasteiger partial charge on any atom is -0.372 e. The van der Waals surface area contributed by atoms with Crippen LogP contribution in [0, 0.1) is 0 Å². The maximum Gasteiger partial charge on any atom is 0.245 e. The highest BCUT2D eigenvalue weighted by atomic mass is 16.2. The molecule has 1 aromatic rings. The Labute approximate surface area is 137 Å². The third-order valence-electron chi connectivity index (χ3n) is 5.04. The highest BCUT2D eigenvalue weighted by Crippen LogP contribution is 2.28. The van der Waals surface area contributed by atoms with Crippen LogP contribution in [-0.4, -0.2) is 53.8 Å². The van der Waals surface area contributed by atoms with Crippen molar-refractivity contribution >= 4 is 17.5 Å². The first-order valence-corrected chi connectivity index (χ1v) is 8.35. The smallest absolute Gasteiger partial charge is 0.245 e. The molecule has 0 aliphatic carbocycles. The Kier molecular flexibility index (Phi) is 4.28. The fourth-order valence-corrected chi connectivity index (χ4v) is 3.84. The van der Waals surface area contributed by atoms with Crippen LogP contribution in [0.4, 0.5) is 5.69 Å². The van der Waals surface area contributed by atoms with Gasteiger partial charge in [-0.1, -0.05) is 18.2 Å². The fraction of sp³-hybridized carbons (Fsp3) is 0.556. The molecule has 2 amide bonds. The predicted octanol–water partition coefficient (Wildman–Crippen LogP) is 1.86. The molecular weight excluding hydrogens is 290 g/mol. The molecular formula is C18H25N3O2. The van der Waals surface area contributed by atoms with Crippen LogP contribution in [0.1, 0.15) is 32.3 Å². The molecule has 5 nitrogen and oxygen atoms in total. The standard InChI is InChI=1S/C18H25N3O2/c1-13-11-19(3)16-8-5-4-7-15(16)12-21(13)18(23)17-9-6-10-20(17)14(2)22/h4-5,7-8,13,17H,6,9-12H2,1-3H3/t13-,17+/m0/s1. The number of benzene rings is 1. The second kappa shape index (κ2) is 6.22. The van der Waals surface area contributed by atoms with Crippen LogP contribution in [0.15, 0.2) is 24.3 Å². The number of amides is 2. The van der Waals surface area contributed by atoms with E-state index < -0.39 is 0 Å². The van der Waals surface area contributed by atoms with Gasteiger partial charge in [0.15, 0.2) is 0 Å². The van der Waals surface area contributed by atoms with Gasteiger partial charge in [0.2, 0.25) is 11.8 Å². The maximum absolute atomic E-state index is 13.1. The predicted molar refractivity (Wildman–Crippen MR) is 90.1 cm³/mol. The van der Waals surface area contributed by atoms with Gasteiger partial charge in [-0.25, -0.2) is 0 Å². The van der Waals surface area contributed by atoms with E-state index in [1.54, 1.807) is 11.8 Å². The van der Waals surface area contributed by atoms with Gasteiger partial charge in [0, 0.05) is 45.3 Å². The van der Waals surface area contributed by atoms with Crippen molar-refractivity contribution < 1.29 is 9.59 Å². The molecule has 124 valence electrons. The van der Waals surface area contributed by atoms with E-state index in [0.29, 0.717) is 13.1 Å². The minimum atomic E-state index is -0.287. The number of nitrogens with zero attached hydrogens (tertiary/aromatic N) is 3. The maximum atomic E-state index is 13.1. The zero-order valence-corrected chi connectivity index (χ0v) is 14.2. The van der Waals surface area contributed by atoms with E-state index in [2.05, 4.69) is 31.0 Å². The van der Waals surface area contributed by atoms with Gasteiger partial charge in [0.05, 0.1) is 0 Å². The molecule has 3 rings (SSSR count). The average molecular weight is 315 g/mol. The van der Waals surface area contributed by atoms with Gasteiger partial charge in [-0.3, -0.25) is 9.59 Å². The molecule has 0 saturated carbocycles. The quantitative estimate of drug-likeness (QED) is 0.794. The molecule has 2 aliphatic rings. The van der Waals surface area contributed by atoms with Crippen LogP contribution in [0.5, 0.6) is 0 Å². The lowest BCUT2D eigenvalue weighted by atomic mass is 10.1. The molecule has 2 aliphatic heterocycles. The molecule has 0 aromatic heterocycles. The number of anilines is 1. The number of carbonyl (C=O) groups is 2. The Bertz CT molecular complexity index is 616. The first-order valence-electron chi connectivity index (χ1n) is 8.35. The second-order valence-electron chi connectivity index (χ2n) is 6.69. The van der Waals surface area contributed by atoms with Crippen molar-refractivity contribution in [3.05, 3.63) is 29.8 Å². The molecule has 1 aromatic carbocycles. The van der Waals surface area contributed by atoms with Crippen molar-refractivity contribution in [3.63, 3.8) is 0 Å². The summed E-state index contributed by atoms with van der Waals surface area (Å²) < 4.78 is 0. The number of para-hydroxylation sites is 1. The lowest BCUT2D eigenvalue weighted by Crippen LogP contribution is -2.51. The van der Waals surface area contributed by atoms with Crippen molar-refractivity contribution in [2.24, 2.45) is 0 Å². The van der Waals surface area contributed by atoms with E-state index in [0.717, 1.165) is 19.4 Å². The van der Waals surface area contributed by atoms with E-state index in [-0.39, 0.29) is 23.9 Å². The summed E-state index contributed by atoms with van der Waals surface area (Å²) in [7, 11) is 2.07. The summed E-state index contributed by atoms with van der Waals surface area (Å²) >= 11 is 0. The number of hydrogen-bond acceptors (Lipinski definition) is 3. The van der Waals surface area contributed by atoms with Crippen molar-refractivity contribution in [3.8, 4) is 0 Å². The molecule has 23 heavy (non-hydrogen) atoms. The van der Waals surface area contributed by atoms with E-state index in [1.165, 1.54) is 11.3 Å². The number of rotatable bonds is 1. The Morgan fingerprint density at radius 1 is 1.17 bits per heavy atom. The largest absolute Gasteiger partial charge is 0.372 e. The summed E-state index contributed by atoms with van der Waals surface area (Å²) in [5.74, 6) is 0.0937. The summed E-state index contributed by atoms with van der Waals surface area (Å²) in [5.41, 5.74) is 2.35. The SMILES string of the molecule is CC(=O)N1CCC[C@@H]1C(=O)N1Cc2ccccc2N(C)C[C@@H]1C. The number of likely N-dealkylation sites (tertiary alicyclic amines) is 1. The van der Waals surface area contributed by atoms with Gasteiger partial charge in [-0.2, -0.15) is 0 Å². The molecule has 2 heterocycles. The van der Waals surface area contributed by atoms with E-state index >= 15 is 0 Å². The fourth-order valence-electron chi connectivity index (χ4n) is 3.84. The number of carbonyl (C=O) groups excluding carboxylic acids is 2. The highest BCUT2D eigenvalue weighted by Gasteiger charge is 2.37. The number of hydrogen-bond donors (Lipinski definition) is 0. The summed E-state index contributed by atoms with van der Waals surface area (Å²) in [4.78, 5) is 30.8. The van der Waals surface area contributed by atoms with Gasteiger partial charge in [-0.15, -0.1) is 0 Å². The monoisotopic (exact) mass is 315 g/mol. The molecule has 0 bridgehead atoms. The van der Waals surface area contributed by atoms with Crippen molar-refractivity contribution in [1.29, 1.82) is 0 Å². The van der Waals surface area contributed by atoms with Crippen molar-refractivity contribution in [1.82, 2.24) is 9.80 Å². The van der Waals surface area contributed by atoms with Crippen molar-refractivity contribution in [2.75, 3.05) is 25.0 Å². The van der Waals surface area contributed by atoms with Crippen LogP contribution < -0.4 is 4.90 Å². The Balaban J connectivity index is 1.87. The first kappa shape index (κ1) is 15.8. The third kappa shape index (κ3) is 2.92. The summed E-state index contributed by atoms with van der Waals surface area (Å²) in [5, 5.41) is 0. The van der Waals surface area contributed by atoms with Gasteiger partial charge >= 0.3 is 0 Å². The average Bonchev–Trinajstić information content (AvgIpc) is 2.97. The zero-order valence-electron chi connectivity index (χ0n) is 14.2. The summed E-state index contributed by atoms with van der Waals surface area (Å²) in [6.45, 7) is 5.76. The number of fused-ring (bicyclic) bond motifs is 1. The van der Waals surface area contributed by atoms with Crippen LogP contribution in [-0.2, 0) is 16.1 Å². The number of likely N-dealkylation sites (N-methyl/N-ethyl adjacent to an activating group) is 1. The Morgan fingerprint density at radius 2 is 1.91 bits per heavy atom. The molecule has 0 N–H and O–H groups in total. The lowest BCUT2D eigenvalue weighted by molar-refractivity contribution is -0.144. The topological polar surface area (TPSA) is 43.9 Å². The zero-order chi connectivity index (χ0) is 16.6. The minimum absolute atomic E-state index is 0.000781. The Hall–Kier alpha value is -2.04. The van der Waals surface area contributed by atoms with E-state index in [4.69, 9.17) is 0 Å². The molecule has 2 atom stereocenters. The molecule has 5 heteroatoms. The van der Waals surface area contributed by atoms with Crippen LogP contribution in [0.3, 0.4) is 0 Å². The second-order valence-corrected chi connectivity index (χ2v) is 6.69. The molecule has 1 saturated heterocycles. The van der Waals surface area contributed by atoms with E-state index in [9.17, 15) is 9.59 Å². The molecule has 1 fully saturated rings. The van der Waals surface area contributed by atoms with Crippen molar-refractivity contribution in [2.45, 2.75) is 45.3 Å². The van der Waals surface area contributed by atoms with Crippen LogP contribution >= 0.6 is 0 Å². The van der Waals surface area contributed by atoms with Crippen LogP contribution in [0.25, 0.3) is 0 Å². The lowest BCUT2D eigenvalue weighted by Gasteiger charge is -2.33. The Morgan fingerprint density at radius 3 is 2.65 bits per heavy atom. The molecule has 0 radical (unpaired) electrons. The summed E-state index contributed by atoms with van der Waals surface area (Å²) in [6, 6.07) is 8.07. The highest BCUT2D eigenvalue weighted by molar-refractivity contribution is 5.88. The van der Waals surface area contributed by atoms with Gasteiger partial charge in [0.25, 0.3) is 0 Å². The third-order valence-corrected chi connectivity index (χ3v) is 5.04. The molecule has 0 unspecified atom stereocenters. The van der Waals surface area contributed by atoms with Gasteiger partial charge in [0.1, 0.15) is 6.04 Å².